The Morgan fingerprint density at radius 3 is 2.43 bits per heavy atom. The molecule has 0 aliphatic carbocycles. The zero-order chi connectivity index (χ0) is 5.86. The molecule has 1 amide bonds. The number of hydrogen-bond acceptors (Lipinski definition) is 1. The van der Waals surface area contributed by atoms with Crippen molar-refractivity contribution in [3.8, 4) is 0 Å². The van der Waals surface area contributed by atoms with Crippen molar-refractivity contribution in [1.29, 1.82) is 0 Å². The van der Waals surface area contributed by atoms with Crippen LogP contribution < -0.4 is 5.73 Å². The van der Waals surface area contributed by atoms with Gasteiger partial charge in [-0.15, -0.1) is 0 Å². The summed E-state index contributed by atoms with van der Waals surface area (Å²) < 4.78 is 0. The van der Waals surface area contributed by atoms with E-state index in [0.717, 1.165) is 6.42 Å². The molecule has 0 aliphatic heterocycles. The highest BCUT2D eigenvalue weighted by Crippen LogP contribution is 2.00. The fraction of sp³-hybridized carbons (Fsp3) is 0.750. The molecular formula is C4H8BrNO. The van der Waals surface area contributed by atoms with Crippen molar-refractivity contribution < 1.29 is 4.79 Å². The lowest BCUT2D eigenvalue weighted by Crippen LogP contribution is -2.21. The van der Waals surface area contributed by atoms with Gasteiger partial charge in [0.25, 0.3) is 0 Å². The summed E-state index contributed by atoms with van der Waals surface area (Å²) in [5.74, 6) is -0.289. The lowest BCUT2D eigenvalue weighted by atomic mass is 10.3. The van der Waals surface area contributed by atoms with Crippen LogP contribution in [0.15, 0.2) is 0 Å². The van der Waals surface area contributed by atoms with E-state index in [1.54, 1.807) is 0 Å². The first-order valence-electron chi connectivity index (χ1n) is 2.12. The van der Waals surface area contributed by atoms with Crippen LogP contribution >= 0.6 is 15.9 Å². The van der Waals surface area contributed by atoms with Gasteiger partial charge < -0.3 is 5.73 Å². The zero-order valence-electron chi connectivity index (χ0n) is 4.15. The molecule has 7 heavy (non-hydrogen) atoms. The van der Waals surface area contributed by atoms with E-state index in [1.165, 1.54) is 0 Å². The fourth-order valence-electron chi connectivity index (χ4n) is 0.201. The number of carbonyl (C=O) groups is 1. The minimum absolute atomic E-state index is 0.146. The molecule has 0 fully saturated rings. The van der Waals surface area contributed by atoms with E-state index in [-0.39, 0.29) is 10.7 Å². The van der Waals surface area contributed by atoms with Crippen LogP contribution in [-0.2, 0) is 4.79 Å². The van der Waals surface area contributed by atoms with Crippen LogP contribution in [0.4, 0.5) is 0 Å². The number of alkyl halides is 1. The summed E-state index contributed by atoms with van der Waals surface area (Å²) in [4.78, 5) is 9.96. The molecule has 0 aromatic heterocycles. The van der Waals surface area contributed by atoms with Gasteiger partial charge in [-0.1, -0.05) is 22.9 Å². The maximum Gasteiger partial charge on any atom is 0.231 e. The van der Waals surface area contributed by atoms with E-state index in [9.17, 15) is 4.79 Å². The van der Waals surface area contributed by atoms with E-state index in [0.29, 0.717) is 0 Å². The number of hydrogen-bond donors (Lipinski definition) is 1. The molecule has 1 atom stereocenters. The summed E-state index contributed by atoms with van der Waals surface area (Å²) in [5, 5.41) is 0. The third-order valence-corrected chi connectivity index (χ3v) is 1.77. The Hall–Kier alpha value is -0.0500. The van der Waals surface area contributed by atoms with Gasteiger partial charge in [-0.05, 0) is 6.42 Å². The molecule has 0 aromatic rings. The summed E-state index contributed by atoms with van der Waals surface area (Å²) in [7, 11) is 0. The van der Waals surface area contributed by atoms with Crippen molar-refractivity contribution >= 4 is 21.8 Å². The fourth-order valence-corrected chi connectivity index (χ4v) is 0.201. The third kappa shape index (κ3) is 2.62. The molecule has 0 saturated carbocycles. The van der Waals surface area contributed by atoms with Gasteiger partial charge in [0.15, 0.2) is 0 Å². The number of nitrogens with two attached hydrogens (primary N) is 1. The van der Waals surface area contributed by atoms with Gasteiger partial charge >= 0.3 is 0 Å². The average Bonchev–Trinajstić information content (AvgIpc) is 1.65. The molecule has 1 unspecified atom stereocenters. The van der Waals surface area contributed by atoms with Gasteiger partial charge in [-0.2, -0.15) is 0 Å². The van der Waals surface area contributed by atoms with Crippen LogP contribution in [0, 0.1) is 0 Å². The minimum atomic E-state index is -0.289. The first-order chi connectivity index (χ1) is 3.18. The maximum atomic E-state index is 10.1. The molecule has 0 rings (SSSR count). The molecule has 0 aromatic carbocycles. The predicted molar refractivity (Wildman–Crippen MR) is 32.2 cm³/mol. The minimum Gasteiger partial charge on any atom is -0.369 e. The molecule has 0 aliphatic rings. The molecule has 0 spiro atoms. The Balaban J connectivity index is 3.34. The second kappa shape index (κ2) is 3.02. The van der Waals surface area contributed by atoms with E-state index >= 15 is 0 Å². The highest BCUT2D eigenvalue weighted by Gasteiger charge is 2.04. The van der Waals surface area contributed by atoms with Gasteiger partial charge in [-0.3, -0.25) is 4.79 Å². The monoisotopic (exact) mass is 165 g/mol. The van der Waals surface area contributed by atoms with Crippen molar-refractivity contribution in [2.45, 2.75) is 18.2 Å². The van der Waals surface area contributed by atoms with Crippen molar-refractivity contribution in [3.63, 3.8) is 0 Å². The molecular weight excluding hydrogens is 158 g/mol. The van der Waals surface area contributed by atoms with Gasteiger partial charge in [0.2, 0.25) is 5.91 Å². The van der Waals surface area contributed by atoms with Crippen LogP contribution in [0.5, 0.6) is 0 Å². The third-order valence-electron chi connectivity index (χ3n) is 0.667. The van der Waals surface area contributed by atoms with Crippen LogP contribution in [0.2, 0.25) is 0 Å². The smallest absolute Gasteiger partial charge is 0.231 e. The molecule has 0 bridgehead atoms. The second-order valence-corrected chi connectivity index (χ2v) is 2.38. The number of rotatable bonds is 2. The Bertz CT molecular complexity index is 74.1. The van der Waals surface area contributed by atoms with E-state index in [2.05, 4.69) is 15.9 Å². The Kier molecular flexibility index (Phi) is 3.00. The van der Waals surface area contributed by atoms with Crippen molar-refractivity contribution in [2.75, 3.05) is 0 Å². The molecule has 2 nitrogen and oxygen atoms in total. The van der Waals surface area contributed by atoms with Crippen molar-refractivity contribution in [3.05, 3.63) is 0 Å². The SMILES string of the molecule is CCC(Br)C(N)=O. The van der Waals surface area contributed by atoms with Crippen molar-refractivity contribution in [2.24, 2.45) is 5.73 Å². The quantitative estimate of drug-likeness (QED) is 0.601. The van der Waals surface area contributed by atoms with Crippen LogP contribution in [0.3, 0.4) is 0 Å². The normalized spacial score (nSPS) is 13.4. The van der Waals surface area contributed by atoms with Crippen LogP contribution in [-0.4, -0.2) is 10.7 Å². The number of primary amides is 1. The maximum absolute atomic E-state index is 10.1. The second-order valence-electron chi connectivity index (χ2n) is 1.28. The average molecular weight is 166 g/mol. The number of carbonyl (C=O) groups excluding carboxylic acids is 1. The van der Waals surface area contributed by atoms with Gasteiger partial charge in [0, 0.05) is 0 Å². The number of halogens is 1. The highest BCUT2D eigenvalue weighted by molar-refractivity contribution is 9.10. The summed E-state index contributed by atoms with van der Waals surface area (Å²) in [6.07, 6.45) is 0.759. The van der Waals surface area contributed by atoms with Crippen LogP contribution in [0.25, 0.3) is 0 Å². The largest absolute Gasteiger partial charge is 0.369 e. The molecule has 0 heterocycles. The Labute approximate surface area is 51.2 Å². The molecule has 42 valence electrons. The van der Waals surface area contributed by atoms with Crippen molar-refractivity contribution in [1.82, 2.24) is 0 Å². The van der Waals surface area contributed by atoms with E-state index in [1.807, 2.05) is 6.92 Å². The lowest BCUT2D eigenvalue weighted by molar-refractivity contribution is -0.117. The first kappa shape index (κ1) is 6.95. The predicted octanol–water partition coefficient (Wildman–Crippen LogP) is 0.645. The number of amides is 1. The summed E-state index contributed by atoms with van der Waals surface area (Å²) in [6.45, 7) is 1.89. The lowest BCUT2D eigenvalue weighted by Gasteiger charge is -1.95. The Morgan fingerprint density at radius 1 is 2.00 bits per heavy atom. The topological polar surface area (TPSA) is 43.1 Å². The van der Waals surface area contributed by atoms with Gasteiger partial charge in [-0.25, -0.2) is 0 Å². The van der Waals surface area contributed by atoms with Gasteiger partial charge in [0.1, 0.15) is 0 Å². The molecule has 3 heteroatoms. The van der Waals surface area contributed by atoms with E-state index in [4.69, 9.17) is 5.73 Å². The molecule has 2 N–H and O–H groups in total. The van der Waals surface area contributed by atoms with E-state index < -0.39 is 0 Å². The summed E-state index contributed by atoms with van der Waals surface area (Å²) in [5.41, 5.74) is 4.86. The molecule has 0 radical (unpaired) electrons. The standard InChI is InChI=1S/C4H8BrNO/c1-2-3(5)4(6)7/h3H,2H2,1H3,(H2,6,7). The highest BCUT2D eigenvalue weighted by atomic mass is 79.9. The molecule has 0 saturated heterocycles. The Morgan fingerprint density at radius 2 is 2.43 bits per heavy atom. The van der Waals surface area contributed by atoms with Gasteiger partial charge in [0.05, 0.1) is 4.83 Å². The summed E-state index contributed by atoms with van der Waals surface area (Å²) in [6, 6.07) is 0. The first-order valence-corrected chi connectivity index (χ1v) is 3.03. The zero-order valence-corrected chi connectivity index (χ0v) is 5.73. The van der Waals surface area contributed by atoms with Crippen LogP contribution in [0.1, 0.15) is 13.3 Å². The summed E-state index contributed by atoms with van der Waals surface area (Å²) >= 11 is 3.07.